The quantitative estimate of drug-likeness (QED) is 0.798. The lowest BCUT2D eigenvalue weighted by Crippen LogP contribution is -2.33. The second-order valence-corrected chi connectivity index (χ2v) is 7.23. The average molecular weight is 355 g/mol. The summed E-state index contributed by atoms with van der Waals surface area (Å²) in [5, 5.41) is 7.09. The second-order valence-electron chi connectivity index (χ2n) is 6.82. The first-order valence-electron chi connectivity index (χ1n) is 8.94. The highest BCUT2D eigenvalue weighted by Gasteiger charge is 2.16. The molecule has 1 aromatic heterocycles. The van der Waals surface area contributed by atoms with E-state index < -0.39 is 0 Å². The molecule has 0 radical (unpaired) electrons. The zero-order valence-electron chi connectivity index (χ0n) is 14.9. The first-order chi connectivity index (χ1) is 12.1. The molecule has 0 saturated carbocycles. The number of hydrogen-bond acceptors (Lipinski definition) is 3. The molecule has 1 fully saturated rings. The van der Waals surface area contributed by atoms with Gasteiger partial charge >= 0.3 is 0 Å². The van der Waals surface area contributed by atoms with E-state index in [9.17, 15) is 0 Å². The highest BCUT2D eigenvalue weighted by Crippen LogP contribution is 2.24. The molecule has 1 unspecified atom stereocenters. The van der Waals surface area contributed by atoms with Crippen LogP contribution >= 0.6 is 12.2 Å². The van der Waals surface area contributed by atoms with Crippen LogP contribution in [0.5, 0.6) is 0 Å². The van der Waals surface area contributed by atoms with Gasteiger partial charge < -0.3 is 15.5 Å². The van der Waals surface area contributed by atoms with E-state index in [1.54, 1.807) is 12.4 Å². The molecule has 1 aliphatic rings. The van der Waals surface area contributed by atoms with Crippen LogP contribution in [0.15, 0.2) is 48.8 Å². The van der Waals surface area contributed by atoms with Crippen molar-refractivity contribution < 1.29 is 0 Å². The molecule has 0 amide bonds. The highest BCUT2D eigenvalue weighted by molar-refractivity contribution is 7.80. The van der Waals surface area contributed by atoms with E-state index >= 15 is 0 Å². The Morgan fingerprint density at radius 2 is 1.92 bits per heavy atom. The molecular formula is C20H26N4S. The molecule has 5 heteroatoms. The summed E-state index contributed by atoms with van der Waals surface area (Å²) in [6.07, 6.45) is 6.07. The number of piperidine rings is 1. The number of benzene rings is 1. The maximum atomic E-state index is 5.39. The monoisotopic (exact) mass is 354 g/mol. The molecule has 2 aromatic rings. The van der Waals surface area contributed by atoms with Crippen molar-refractivity contribution in [1.82, 2.24) is 10.3 Å². The lowest BCUT2D eigenvalue weighted by atomic mass is 9.98. The number of aromatic nitrogens is 1. The summed E-state index contributed by atoms with van der Waals surface area (Å²) in [5.41, 5.74) is 3.44. The third kappa shape index (κ3) is 4.92. The van der Waals surface area contributed by atoms with Gasteiger partial charge in [0.05, 0.1) is 17.9 Å². The molecule has 4 nitrogen and oxygen atoms in total. The number of rotatable bonds is 4. The van der Waals surface area contributed by atoms with E-state index in [2.05, 4.69) is 58.6 Å². The Morgan fingerprint density at radius 3 is 2.56 bits per heavy atom. The number of hydrogen-bond donors (Lipinski definition) is 2. The molecule has 3 rings (SSSR count). The van der Waals surface area contributed by atoms with Crippen LogP contribution in [0.2, 0.25) is 0 Å². The van der Waals surface area contributed by atoms with Crippen LogP contribution < -0.4 is 15.5 Å². The molecule has 132 valence electrons. The SMILES string of the molecule is CC1CCN(c2ccc(C(C)NC(=S)Nc3cccnc3)cc2)CC1. The van der Waals surface area contributed by atoms with Crippen LogP contribution in [-0.4, -0.2) is 23.2 Å². The Bertz CT molecular complexity index is 679. The molecule has 2 N–H and O–H groups in total. The van der Waals surface area contributed by atoms with Crippen LogP contribution in [0.4, 0.5) is 11.4 Å². The Balaban J connectivity index is 1.55. The molecule has 0 aliphatic carbocycles. The number of pyridine rings is 1. The van der Waals surface area contributed by atoms with Crippen molar-refractivity contribution in [2.45, 2.75) is 32.7 Å². The van der Waals surface area contributed by atoms with Gasteiger partial charge in [-0.1, -0.05) is 19.1 Å². The van der Waals surface area contributed by atoms with Crippen LogP contribution in [0.1, 0.15) is 38.3 Å². The van der Waals surface area contributed by atoms with E-state index in [4.69, 9.17) is 12.2 Å². The second kappa shape index (κ2) is 8.30. The largest absolute Gasteiger partial charge is 0.372 e. The van der Waals surface area contributed by atoms with E-state index in [1.807, 2.05) is 12.1 Å². The van der Waals surface area contributed by atoms with E-state index in [1.165, 1.54) is 24.1 Å². The molecule has 1 aliphatic heterocycles. The van der Waals surface area contributed by atoms with Crippen LogP contribution in [0.25, 0.3) is 0 Å². The lowest BCUT2D eigenvalue weighted by Gasteiger charge is -2.32. The van der Waals surface area contributed by atoms with Crippen LogP contribution in [0, 0.1) is 5.92 Å². The maximum Gasteiger partial charge on any atom is 0.171 e. The molecule has 1 atom stereocenters. The van der Waals surface area contributed by atoms with Gasteiger partial charge in [0.1, 0.15) is 0 Å². The summed E-state index contributed by atoms with van der Waals surface area (Å²) in [6, 6.07) is 12.8. The zero-order chi connectivity index (χ0) is 17.6. The summed E-state index contributed by atoms with van der Waals surface area (Å²) < 4.78 is 0. The van der Waals surface area contributed by atoms with E-state index in [0.717, 1.165) is 24.7 Å². The van der Waals surface area contributed by atoms with Crippen molar-refractivity contribution >= 4 is 28.7 Å². The fraction of sp³-hybridized carbons (Fsp3) is 0.400. The maximum absolute atomic E-state index is 5.39. The molecule has 2 heterocycles. The van der Waals surface area contributed by atoms with E-state index in [-0.39, 0.29) is 6.04 Å². The number of nitrogens with zero attached hydrogens (tertiary/aromatic N) is 2. The molecule has 1 aromatic carbocycles. The molecule has 1 saturated heterocycles. The minimum absolute atomic E-state index is 0.145. The summed E-state index contributed by atoms with van der Waals surface area (Å²) in [7, 11) is 0. The van der Waals surface area contributed by atoms with Gasteiger partial charge in [-0.15, -0.1) is 0 Å². The van der Waals surface area contributed by atoms with Gasteiger partial charge in [-0.3, -0.25) is 4.98 Å². The van der Waals surface area contributed by atoms with Gasteiger partial charge in [0.25, 0.3) is 0 Å². The fourth-order valence-electron chi connectivity index (χ4n) is 3.12. The van der Waals surface area contributed by atoms with Gasteiger partial charge in [-0.05, 0) is 67.7 Å². The number of anilines is 2. The van der Waals surface area contributed by atoms with Crippen molar-refractivity contribution in [3.05, 3.63) is 54.4 Å². The summed E-state index contributed by atoms with van der Waals surface area (Å²) in [4.78, 5) is 6.56. The summed E-state index contributed by atoms with van der Waals surface area (Å²) in [6.45, 7) is 6.78. The van der Waals surface area contributed by atoms with Crippen LogP contribution in [-0.2, 0) is 0 Å². The normalized spacial score (nSPS) is 16.3. The van der Waals surface area contributed by atoms with Gasteiger partial charge in [-0.2, -0.15) is 0 Å². The highest BCUT2D eigenvalue weighted by atomic mass is 32.1. The third-order valence-electron chi connectivity index (χ3n) is 4.81. The standard InChI is InChI=1S/C20H26N4S/c1-15-9-12-24(13-10-15)19-7-5-17(6-8-19)16(2)22-20(25)23-18-4-3-11-21-14-18/h3-8,11,14-16H,9-10,12-13H2,1-2H3,(H2,22,23,25). The Labute approximate surface area is 155 Å². The van der Waals surface area contributed by atoms with Crippen molar-refractivity contribution in [1.29, 1.82) is 0 Å². The lowest BCUT2D eigenvalue weighted by molar-refractivity contribution is 0.438. The fourth-order valence-corrected chi connectivity index (χ4v) is 3.42. The first kappa shape index (κ1) is 17.7. The van der Waals surface area contributed by atoms with Crippen molar-refractivity contribution in [3.63, 3.8) is 0 Å². The minimum Gasteiger partial charge on any atom is -0.372 e. The van der Waals surface area contributed by atoms with Crippen LogP contribution in [0.3, 0.4) is 0 Å². The number of thiocarbonyl (C=S) groups is 1. The molecule has 0 bridgehead atoms. The Morgan fingerprint density at radius 1 is 1.20 bits per heavy atom. The first-order valence-corrected chi connectivity index (χ1v) is 9.35. The van der Waals surface area contributed by atoms with Gasteiger partial charge in [-0.25, -0.2) is 0 Å². The molecular weight excluding hydrogens is 328 g/mol. The number of nitrogens with one attached hydrogen (secondary N) is 2. The van der Waals surface area contributed by atoms with E-state index in [0.29, 0.717) is 5.11 Å². The van der Waals surface area contributed by atoms with Gasteiger partial charge in [0.15, 0.2) is 5.11 Å². The third-order valence-corrected chi connectivity index (χ3v) is 5.03. The van der Waals surface area contributed by atoms with Crippen molar-refractivity contribution in [2.75, 3.05) is 23.3 Å². The summed E-state index contributed by atoms with van der Waals surface area (Å²) in [5.74, 6) is 0.855. The predicted octanol–water partition coefficient (Wildman–Crippen LogP) is 4.37. The Hall–Kier alpha value is -2.14. The van der Waals surface area contributed by atoms with Gasteiger partial charge in [0, 0.05) is 25.0 Å². The van der Waals surface area contributed by atoms with Gasteiger partial charge in [0.2, 0.25) is 0 Å². The zero-order valence-corrected chi connectivity index (χ0v) is 15.7. The minimum atomic E-state index is 0.145. The van der Waals surface area contributed by atoms with Crippen molar-refractivity contribution in [2.24, 2.45) is 5.92 Å². The van der Waals surface area contributed by atoms with Crippen molar-refractivity contribution in [3.8, 4) is 0 Å². The Kier molecular flexibility index (Phi) is 5.87. The predicted molar refractivity (Wildman–Crippen MR) is 109 cm³/mol. The average Bonchev–Trinajstić information content (AvgIpc) is 2.63. The molecule has 0 spiro atoms. The topological polar surface area (TPSA) is 40.2 Å². The summed E-state index contributed by atoms with van der Waals surface area (Å²) >= 11 is 5.39. The smallest absolute Gasteiger partial charge is 0.171 e. The molecule has 25 heavy (non-hydrogen) atoms.